The van der Waals surface area contributed by atoms with Gasteiger partial charge in [-0.2, -0.15) is 4.98 Å². The van der Waals surface area contributed by atoms with Crippen LogP contribution in [0.5, 0.6) is 0 Å². The topological polar surface area (TPSA) is 82.7 Å². The van der Waals surface area contributed by atoms with Gasteiger partial charge in [-0.1, -0.05) is 0 Å². The highest BCUT2D eigenvalue weighted by molar-refractivity contribution is 7.16. The Kier molecular flexibility index (Phi) is 2.15. The van der Waals surface area contributed by atoms with Gasteiger partial charge in [-0.3, -0.25) is 0 Å². The van der Waals surface area contributed by atoms with Gasteiger partial charge in [0.15, 0.2) is 5.82 Å². The molecular formula is C9H13N5S. The minimum absolute atomic E-state index is 0.396. The number of hydrogen-bond acceptors (Lipinski definition) is 5. The Balaban J connectivity index is 2.63. The fourth-order valence-corrected chi connectivity index (χ4v) is 2.37. The average Bonchev–Trinajstić information content (AvgIpc) is 2.57. The Morgan fingerprint density at radius 2 is 1.93 bits per heavy atom. The number of nitrogens with zero attached hydrogens (tertiary/aromatic N) is 3. The van der Waals surface area contributed by atoms with Crippen molar-refractivity contribution >= 4 is 22.3 Å². The molecule has 0 fully saturated rings. The molecule has 0 aromatic carbocycles. The average molecular weight is 223 g/mol. The molecule has 0 unspecified atom stereocenters. The summed E-state index contributed by atoms with van der Waals surface area (Å²) in [7, 11) is 1.76. The van der Waals surface area contributed by atoms with E-state index in [0.29, 0.717) is 11.8 Å². The second-order valence-corrected chi connectivity index (χ2v) is 4.70. The van der Waals surface area contributed by atoms with E-state index in [4.69, 9.17) is 11.5 Å². The standard InChI is InChI=1S/C9H13N5S/c1-4-5(2)15-7(10)6(4)8-12-9(11)14(3)13-8/h10H2,1-3H3,(H2,11,12,13). The summed E-state index contributed by atoms with van der Waals surface area (Å²) in [5.41, 5.74) is 13.6. The number of aromatic nitrogens is 3. The zero-order valence-corrected chi connectivity index (χ0v) is 9.72. The molecule has 2 aromatic heterocycles. The van der Waals surface area contributed by atoms with Crippen LogP contribution in [-0.2, 0) is 7.05 Å². The van der Waals surface area contributed by atoms with Gasteiger partial charge in [0.25, 0.3) is 0 Å². The molecule has 2 rings (SSSR count). The first-order valence-electron chi connectivity index (χ1n) is 4.53. The maximum absolute atomic E-state index is 5.92. The summed E-state index contributed by atoms with van der Waals surface area (Å²) < 4.78 is 1.54. The molecule has 15 heavy (non-hydrogen) atoms. The highest BCUT2D eigenvalue weighted by atomic mass is 32.1. The lowest BCUT2D eigenvalue weighted by Gasteiger charge is -1.95. The molecule has 0 aliphatic carbocycles. The Morgan fingerprint density at radius 3 is 2.33 bits per heavy atom. The van der Waals surface area contributed by atoms with E-state index in [1.54, 1.807) is 23.1 Å². The van der Waals surface area contributed by atoms with Crippen LogP contribution < -0.4 is 11.5 Å². The molecule has 0 amide bonds. The van der Waals surface area contributed by atoms with Crippen molar-refractivity contribution in [3.8, 4) is 11.4 Å². The molecule has 80 valence electrons. The number of aryl methyl sites for hydroxylation is 2. The van der Waals surface area contributed by atoms with Crippen LogP contribution in [0.15, 0.2) is 0 Å². The van der Waals surface area contributed by atoms with Crippen LogP contribution in [-0.4, -0.2) is 14.8 Å². The van der Waals surface area contributed by atoms with Gasteiger partial charge in [0.1, 0.15) is 0 Å². The summed E-state index contributed by atoms with van der Waals surface area (Å²) in [6.45, 7) is 4.05. The summed E-state index contributed by atoms with van der Waals surface area (Å²) in [6, 6.07) is 0. The van der Waals surface area contributed by atoms with Crippen LogP contribution >= 0.6 is 11.3 Å². The first-order chi connectivity index (χ1) is 7.00. The van der Waals surface area contributed by atoms with Crippen LogP contribution in [0.1, 0.15) is 10.4 Å². The van der Waals surface area contributed by atoms with Gasteiger partial charge < -0.3 is 11.5 Å². The molecule has 2 aromatic rings. The third-order valence-corrected chi connectivity index (χ3v) is 3.47. The van der Waals surface area contributed by atoms with Gasteiger partial charge in [-0.05, 0) is 19.4 Å². The highest BCUT2D eigenvalue weighted by Gasteiger charge is 2.16. The first-order valence-corrected chi connectivity index (χ1v) is 5.34. The minimum Gasteiger partial charge on any atom is -0.390 e. The summed E-state index contributed by atoms with van der Waals surface area (Å²) in [5.74, 6) is 1.00. The van der Waals surface area contributed by atoms with E-state index in [-0.39, 0.29) is 0 Å². The summed E-state index contributed by atoms with van der Waals surface area (Å²) >= 11 is 1.55. The molecule has 0 aliphatic heterocycles. The molecule has 2 heterocycles. The van der Waals surface area contributed by atoms with E-state index in [1.165, 1.54) is 4.88 Å². The number of thiophene rings is 1. The molecule has 0 aliphatic rings. The van der Waals surface area contributed by atoms with Gasteiger partial charge in [0, 0.05) is 11.9 Å². The maximum atomic E-state index is 5.92. The molecular weight excluding hydrogens is 210 g/mol. The second kappa shape index (κ2) is 3.23. The van der Waals surface area contributed by atoms with E-state index in [0.717, 1.165) is 16.1 Å². The lowest BCUT2D eigenvalue weighted by molar-refractivity contribution is 0.781. The maximum Gasteiger partial charge on any atom is 0.218 e. The van der Waals surface area contributed by atoms with Crippen molar-refractivity contribution in [1.29, 1.82) is 0 Å². The Labute approximate surface area is 91.7 Å². The molecule has 0 atom stereocenters. The van der Waals surface area contributed by atoms with Crippen molar-refractivity contribution in [2.45, 2.75) is 13.8 Å². The van der Waals surface area contributed by atoms with Crippen molar-refractivity contribution in [1.82, 2.24) is 14.8 Å². The van der Waals surface area contributed by atoms with E-state index in [2.05, 4.69) is 10.1 Å². The molecule has 0 saturated heterocycles. The van der Waals surface area contributed by atoms with E-state index in [9.17, 15) is 0 Å². The van der Waals surface area contributed by atoms with Crippen molar-refractivity contribution < 1.29 is 0 Å². The highest BCUT2D eigenvalue weighted by Crippen LogP contribution is 2.36. The molecule has 5 nitrogen and oxygen atoms in total. The Hall–Kier alpha value is -1.56. The molecule has 0 radical (unpaired) electrons. The molecule has 0 saturated carbocycles. The Bertz CT molecular complexity index is 491. The third kappa shape index (κ3) is 1.46. The summed E-state index contributed by atoms with van der Waals surface area (Å²) in [4.78, 5) is 5.36. The summed E-state index contributed by atoms with van der Waals surface area (Å²) in [6.07, 6.45) is 0. The van der Waals surface area contributed by atoms with Crippen molar-refractivity contribution in [3.05, 3.63) is 10.4 Å². The molecule has 4 N–H and O–H groups in total. The van der Waals surface area contributed by atoms with Gasteiger partial charge in [-0.25, -0.2) is 4.68 Å². The number of nitrogen functional groups attached to an aromatic ring is 2. The third-order valence-electron chi connectivity index (χ3n) is 2.43. The van der Waals surface area contributed by atoms with E-state index >= 15 is 0 Å². The largest absolute Gasteiger partial charge is 0.390 e. The minimum atomic E-state index is 0.396. The van der Waals surface area contributed by atoms with Crippen LogP contribution in [0, 0.1) is 13.8 Å². The van der Waals surface area contributed by atoms with Crippen LogP contribution in [0.2, 0.25) is 0 Å². The molecule has 6 heteroatoms. The fraction of sp³-hybridized carbons (Fsp3) is 0.333. The van der Waals surface area contributed by atoms with Gasteiger partial charge in [-0.15, -0.1) is 16.4 Å². The predicted molar refractivity (Wildman–Crippen MR) is 62.6 cm³/mol. The van der Waals surface area contributed by atoms with Gasteiger partial charge in [0.2, 0.25) is 5.95 Å². The SMILES string of the molecule is Cc1sc(N)c(-c2nc(N)n(C)n2)c1C. The number of anilines is 2. The van der Waals surface area contributed by atoms with Gasteiger partial charge >= 0.3 is 0 Å². The van der Waals surface area contributed by atoms with Crippen LogP contribution in [0.3, 0.4) is 0 Å². The number of nitrogens with two attached hydrogens (primary N) is 2. The molecule has 0 bridgehead atoms. The van der Waals surface area contributed by atoms with Crippen molar-refractivity contribution in [2.75, 3.05) is 11.5 Å². The van der Waals surface area contributed by atoms with Crippen LogP contribution in [0.4, 0.5) is 10.9 Å². The smallest absolute Gasteiger partial charge is 0.218 e. The lowest BCUT2D eigenvalue weighted by atomic mass is 10.1. The monoisotopic (exact) mass is 223 g/mol. The predicted octanol–water partition coefficient (Wildman–Crippen LogP) is 1.32. The zero-order chi connectivity index (χ0) is 11.2. The van der Waals surface area contributed by atoms with Gasteiger partial charge in [0.05, 0.1) is 10.6 Å². The number of hydrogen-bond donors (Lipinski definition) is 2. The zero-order valence-electron chi connectivity index (χ0n) is 8.90. The van der Waals surface area contributed by atoms with Crippen molar-refractivity contribution in [3.63, 3.8) is 0 Å². The lowest BCUT2D eigenvalue weighted by Crippen LogP contribution is -1.97. The van der Waals surface area contributed by atoms with E-state index in [1.807, 2.05) is 13.8 Å². The normalized spacial score (nSPS) is 10.9. The summed E-state index contributed by atoms with van der Waals surface area (Å²) in [5, 5.41) is 4.97. The van der Waals surface area contributed by atoms with Crippen LogP contribution in [0.25, 0.3) is 11.4 Å². The number of rotatable bonds is 1. The second-order valence-electron chi connectivity index (χ2n) is 3.44. The quantitative estimate of drug-likeness (QED) is 0.764. The first kappa shape index (κ1) is 9.97. The molecule has 0 spiro atoms. The van der Waals surface area contributed by atoms with Crippen molar-refractivity contribution in [2.24, 2.45) is 7.05 Å². The Morgan fingerprint density at radius 1 is 1.27 bits per heavy atom. The fourth-order valence-electron chi connectivity index (χ4n) is 1.43. The van der Waals surface area contributed by atoms with E-state index < -0.39 is 0 Å².